The summed E-state index contributed by atoms with van der Waals surface area (Å²) < 4.78 is -0.871. The predicted molar refractivity (Wildman–Crippen MR) is 143 cm³/mol. The molecular formula is C26H28ClN3O5S2. The van der Waals surface area contributed by atoms with Gasteiger partial charge in [0.2, 0.25) is 11.8 Å². The minimum atomic E-state index is -1.21. The van der Waals surface area contributed by atoms with E-state index in [2.05, 4.69) is 5.32 Å². The maximum Gasteiger partial charge on any atom is 0.352 e. The van der Waals surface area contributed by atoms with Crippen molar-refractivity contribution in [2.45, 2.75) is 54.2 Å². The number of carbonyl (C=O) groups is 4. The second-order valence-corrected chi connectivity index (χ2v) is 13.5. The molecule has 1 aromatic carbocycles. The fourth-order valence-corrected chi connectivity index (χ4v) is 7.15. The van der Waals surface area contributed by atoms with Crippen LogP contribution < -0.4 is 5.32 Å². The summed E-state index contributed by atoms with van der Waals surface area (Å²) in [5, 5.41) is 12.9. The highest BCUT2D eigenvalue weighted by Crippen LogP contribution is 2.42. The van der Waals surface area contributed by atoms with Crippen LogP contribution in [0, 0.1) is 5.92 Å². The molecule has 0 unspecified atom stereocenters. The van der Waals surface area contributed by atoms with Crippen LogP contribution in [0.3, 0.4) is 0 Å². The zero-order valence-electron chi connectivity index (χ0n) is 20.5. The van der Waals surface area contributed by atoms with Crippen molar-refractivity contribution in [2.24, 2.45) is 5.92 Å². The van der Waals surface area contributed by atoms with Crippen molar-refractivity contribution >= 4 is 58.8 Å². The molecule has 0 radical (unpaired) electrons. The third-order valence-electron chi connectivity index (χ3n) is 6.96. The zero-order valence-corrected chi connectivity index (χ0v) is 22.9. The Kier molecular flexibility index (Phi) is 7.10. The minimum absolute atomic E-state index is 0.0447. The number of likely N-dealkylation sites (tertiary alicyclic amines) is 1. The number of halogens is 1. The average molecular weight is 562 g/mol. The largest absolute Gasteiger partial charge is 0.477 e. The molecule has 5 rings (SSSR count). The van der Waals surface area contributed by atoms with Crippen molar-refractivity contribution in [1.82, 2.24) is 15.1 Å². The number of β-lactam (4-membered cyclic amide) rings is 1. The molecule has 3 fully saturated rings. The van der Waals surface area contributed by atoms with Crippen molar-refractivity contribution in [3.8, 4) is 0 Å². The summed E-state index contributed by atoms with van der Waals surface area (Å²) in [6.07, 6.45) is 4.54. The summed E-state index contributed by atoms with van der Waals surface area (Å²) in [5.74, 6) is -1.11. The summed E-state index contributed by atoms with van der Waals surface area (Å²) in [6.45, 7) is 4.95. The topological polar surface area (TPSA) is 107 Å². The molecule has 11 heteroatoms. The molecule has 196 valence electrons. The van der Waals surface area contributed by atoms with Crippen LogP contribution in [0.25, 0.3) is 0 Å². The van der Waals surface area contributed by atoms with Gasteiger partial charge in [-0.05, 0) is 74.9 Å². The fourth-order valence-electron chi connectivity index (χ4n) is 4.71. The number of carboxylic acid groups (broad SMARTS) is 1. The zero-order chi connectivity index (χ0) is 26.5. The SMILES string of the molecule is CC(C)(Sc1ccc(Cl)cc1)C(=O)N[C@@H]1C(=O)N2C(C(=O)O)=C(/C=C3\CCN(CC4CC4)C3=O)CS[C@H]12. The first kappa shape index (κ1) is 26.2. The Balaban J connectivity index is 1.28. The standard InChI is InChI=1S/C26H28ClN3O5S2/c1-26(2,37-18-7-5-17(27)6-8-18)25(35)28-19-22(32)30-20(24(33)34)16(13-36-23(19)30)11-15-9-10-29(21(15)31)12-14-3-4-14/h5-8,11,14,19,23H,3-4,9-10,12-13H2,1-2H3,(H,28,35)(H,33,34)/b15-11+/t19-,23-/m1/s1. The third kappa shape index (κ3) is 5.28. The summed E-state index contributed by atoms with van der Waals surface area (Å²) in [6, 6.07) is 6.35. The van der Waals surface area contributed by atoms with Gasteiger partial charge in [0.1, 0.15) is 17.1 Å². The number of rotatable bonds is 8. The quantitative estimate of drug-likeness (QED) is 0.284. The van der Waals surface area contributed by atoms with Gasteiger partial charge in [-0.3, -0.25) is 19.3 Å². The molecule has 2 saturated heterocycles. The first-order valence-corrected chi connectivity index (χ1v) is 14.5. The minimum Gasteiger partial charge on any atom is -0.477 e. The van der Waals surface area contributed by atoms with E-state index in [1.807, 2.05) is 17.0 Å². The summed E-state index contributed by atoms with van der Waals surface area (Å²) in [5.41, 5.74) is 0.948. The van der Waals surface area contributed by atoms with E-state index in [0.29, 0.717) is 40.8 Å². The molecule has 2 N–H and O–H groups in total. The first-order valence-electron chi connectivity index (χ1n) is 12.2. The number of thioether (sulfide) groups is 2. The van der Waals surface area contributed by atoms with Gasteiger partial charge in [0.15, 0.2) is 0 Å². The van der Waals surface area contributed by atoms with E-state index in [0.717, 1.165) is 24.3 Å². The molecular weight excluding hydrogens is 534 g/mol. The molecule has 4 aliphatic rings. The Hall–Kier alpha value is -2.43. The number of allylic oxidation sites excluding steroid dienone is 1. The summed E-state index contributed by atoms with van der Waals surface area (Å²) in [4.78, 5) is 55.1. The Morgan fingerprint density at radius 3 is 2.59 bits per heavy atom. The fraction of sp³-hybridized carbons (Fsp3) is 0.462. The van der Waals surface area contributed by atoms with Crippen molar-refractivity contribution in [1.29, 1.82) is 0 Å². The molecule has 0 spiro atoms. The first-order chi connectivity index (χ1) is 17.5. The molecule has 37 heavy (non-hydrogen) atoms. The number of hydrogen-bond donors (Lipinski definition) is 2. The van der Waals surface area contributed by atoms with Gasteiger partial charge >= 0.3 is 5.97 Å². The molecule has 1 saturated carbocycles. The van der Waals surface area contributed by atoms with Crippen molar-refractivity contribution in [3.05, 3.63) is 52.2 Å². The number of amides is 3. The highest BCUT2D eigenvalue weighted by atomic mass is 35.5. The smallest absolute Gasteiger partial charge is 0.352 e. The number of fused-ring (bicyclic) bond motifs is 1. The molecule has 3 aliphatic heterocycles. The van der Waals surface area contributed by atoms with Crippen LogP contribution in [-0.4, -0.2) is 73.6 Å². The molecule has 1 aromatic rings. The maximum atomic E-state index is 13.1. The van der Waals surface area contributed by atoms with Gasteiger partial charge in [0.05, 0.1) is 4.75 Å². The van der Waals surface area contributed by atoms with E-state index >= 15 is 0 Å². The monoisotopic (exact) mass is 561 g/mol. The number of nitrogens with one attached hydrogen (secondary N) is 1. The lowest BCUT2D eigenvalue weighted by Gasteiger charge is -2.49. The predicted octanol–water partition coefficient (Wildman–Crippen LogP) is 3.52. The van der Waals surface area contributed by atoms with Crippen LogP contribution in [0.1, 0.15) is 33.1 Å². The molecule has 3 amide bonds. The van der Waals surface area contributed by atoms with E-state index in [4.69, 9.17) is 11.6 Å². The van der Waals surface area contributed by atoms with Gasteiger partial charge in [-0.2, -0.15) is 0 Å². The number of nitrogens with zero attached hydrogens (tertiary/aromatic N) is 2. The van der Waals surface area contributed by atoms with Gasteiger partial charge in [-0.1, -0.05) is 11.6 Å². The normalized spacial score (nSPS) is 24.9. The van der Waals surface area contributed by atoms with Crippen LogP contribution in [0.2, 0.25) is 5.02 Å². The average Bonchev–Trinajstić information content (AvgIpc) is 3.61. The summed E-state index contributed by atoms with van der Waals surface area (Å²) >= 11 is 8.69. The maximum absolute atomic E-state index is 13.1. The lowest BCUT2D eigenvalue weighted by molar-refractivity contribution is -0.150. The van der Waals surface area contributed by atoms with E-state index in [-0.39, 0.29) is 17.5 Å². The van der Waals surface area contributed by atoms with Crippen LogP contribution in [0.15, 0.2) is 52.1 Å². The van der Waals surface area contributed by atoms with Crippen molar-refractivity contribution in [2.75, 3.05) is 18.8 Å². The highest BCUT2D eigenvalue weighted by molar-refractivity contribution is 8.01. The lowest BCUT2D eigenvalue weighted by Crippen LogP contribution is -2.71. The molecule has 0 aromatic heterocycles. The molecule has 2 atom stereocenters. The highest BCUT2D eigenvalue weighted by Gasteiger charge is 2.55. The van der Waals surface area contributed by atoms with Crippen LogP contribution in [0.5, 0.6) is 0 Å². The summed E-state index contributed by atoms with van der Waals surface area (Å²) in [7, 11) is 0. The lowest BCUT2D eigenvalue weighted by atomic mass is 10.0. The molecule has 3 heterocycles. The van der Waals surface area contributed by atoms with E-state index in [9.17, 15) is 24.3 Å². The van der Waals surface area contributed by atoms with Gasteiger partial charge in [-0.15, -0.1) is 23.5 Å². The third-order valence-corrected chi connectivity index (χ3v) is 9.72. The number of benzene rings is 1. The Bertz CT molecular complexity index is 1230. The van der Waals surface area contributed by atoms with Crippen LogP contribution in [0.4, 0.5) is 0 Å². The Morgan fingerprint density at radius 1 is 1.24 bits per heavy atom. The Morgan fingerprint density at radius 2 is 1.95 bits per heavy atom. The second kappa shape index (κ2) is 10.0. The van der Waals surface area contributed by atoms with Gasteiger partial charge < -0.3 is 15.3 Å². The van der Waals surface area contributed by atoms with Crippen molar-refractivity contribution in [3.63, 3.8) is 0 Å². The molecule has 1 aliphatic carbocycles. The van der Waals surface area contributed by atoms with Crippen LogP contribution >= 0.6 is 35.1 Å². The van der Waals surface area contributed by atoms with Gasteiger partial charge in [-0.25, -0.2) is 4.79 Å². The van der Waals surface area contributed by atoms with Gasteiger partial charge in [0, 0.05) is 34.3 Å². The van der Waals surface area contributed by atoms with E-state index in [1.165, 1.54) is 28.4 Å². The van der Waals surface area contributed by atoms with Crippen LogP contribution in [-0.2, 0) is 19.2 Å². The Labute approximate surface area is 228 Å². The van der Waals surface area contributed by atoms with E-state index < -0.39 is 28.0 Å². The second-order valence-electron chi connectivity index (χ2n) is 10.2. The van der Waals surface area contributed by atoms with Gasteiger partial charge in [0.25, 0.3) is 5.91 Å². The molecule has 8 nitrogen and oxygen atoms in total. The number of carbonyl (C=O) groups excluding carboxylic acids is 3. The molecule has 0 bridgehead atoms. The number of carboxylic acids is 1. The van der Waals surface area contributed by atoms with E-state index in [1.54, 1.807) is 32.1 Å². The number of aliphatic carboxylic acids is 1. The van der Waals surface area contributed by atoms with Crippen molar-refractivity contribution < 1.29 is 24.3 Å². The number of hydrogen-bond acceptors (Lipinski definition) is 6.